The predicted molar refractivity (Wildman–Crippen MR) is 98.8 cm³/mol. The van der Waals surface area contributed by atoms with Crippen LogP contribution < -0.4 is 5.56 Å². The zero-order chi connectivity index (χ0) is 18.3. The molecule has 0 amide bonds. The Balaban J connectivity index is 1.77. The average Bonchev–Trinajstić information content (AvgIpc) is 3.12. The fourth-order valence-corrected chi connectivity index (χ4v) is 3.27. The number of H-pyrrole nitrogens is 1. The van der Waals surface area contributed by atoms with Crippen molar-refractivity contribution in [3.8, 4) is 0 Å². The van der Waals surface area contributed by atoms with Gasteiger partial charge in [-0.1, -0.05) is 12.1 Å². The van der Waals surface area contributed by atoms with Crippen LogP contribution in [0, 0.1) is 12.7 Å². The molecule has 0 spiro atoms. The summed E-state index contributed by atoms with van der Waals surface area (Å²) in [5.41, 5.74) is 5.14. The fourth-order valence-electron chi connectivity index (χ4n) is 3.27. The van der Waals surface area contributed by atoms with Crippen LogP contribution in [0.4, 0.5) is 4.39 Å². The molecule has 5 nitrogen and oxygen atoms in total. The summed E-state index contributed by atoms with van der Waals surface area (Å²) in [5, 5.41) is 5.23. The molecule has 0 fully saturated rings. The normalized spacial score (nSPS) is 11.3. The molecule has 0 radical (unpaired) electrons. The van der Waals surface area contributed by atoms with E-state index in [9.17, 15) is 9.18 Å². The molecule has 3 aromatic heterocycles. The molecule has 0 saturated heterocycles. The molecule has 1 aromatic carbocycles. The molecule has 0 bridgehead atoms. The van der Waals surface area contributed by atoms with Gasteiger partial charge in [-0.3, -0.25) is 9.48 Å². The standard InChI is InChI=1S/C20H19FN4O/c1-13-15(9-23-24(13)2)7-16-12-25(11-14-3-5-17(21)6-4-14)19-10-22-20(26)8-18(16)19/h3-6,8-10,12H,7,11H2,1-2H3,(H,22,26). The molecule has 132 valence electrons. The lowest BCUT2D eigenvalue weighted by Crippen LogP contribution is -2.04. The third-order valence-corrected chi connectivity index (χ3v) is 4.85. The monoisotopic (exact) mass is 350 g/mol. The van der Waals surface area contributed by atoms with Gasteiger partial charge in [-0.2, -0.15) is 5.10 Å². The van der Waals surface area contributed by atoms with Crippen LogP contribution in [0.1, 0.15) is 22.4 Å². The molecule has 0 aliphatic heterocycles. The van der Waals surface area contributed by atoms with Crippen molar-refractivity contribution in [3.63, 3.8) is 0 Å². The van der Waals surface area contributed by atoms with Crippen molar-refractivity contribution < 1.29 is 4.39 Å². The van der Waals surface area contributed by atoms with E-state index in [1.807, 2.05) is 24.9 Å². The maximum atomic E-state index is 13.2. The Morgan fingerprint density at radius 1 is 1.19 bits per heavy atom. The second kappa shape index (κ2) is 6.29. The second-order valence-corrected chi connectivity index (χ2v) is 6.56. The van der Waals surface area contributed by atoms with Crippen molar-refractivity contribution in [1.29, 1.82) is 0 Å². The van der Waals surface area contributed by atoms with Crippen LogP contribution >= 0.6 is 0 Å². The molecule has 3 heterocycles. The lowest BCUT2D eigenvalue weighted by molar-refractivity contribution is 0.626. The number of hydrogen-bond donors (Lipinski definition) is 1. The molecule has 4 aromatic rings. The van der Waals surface area contributed by atoms with Gasteiger partial charge >= 0.3 is 0 Å². The van der Waals surface area contributed by atoms with Crippen molar-refractivity contribution in [2.24, 2.45) is 7.05 Å². The number of aromatic amines is 1. The topological polar surface area (TPSA) is 55.6 Å². The lowest BCUT2D eigenvalue weighted by Gasteiger charge is -2.05. The first-order valence-corrected chi connectivity index (χ1v) is 8.43. The van der Waals surface area contributed by atoms with Gasteiger partial charge in [0.25, 0.3) is 0 Å². The number of aryl methyl sites for hydroxylation is 1. The fraction of sp³-hybridized carbons (Fsp3) is 0.200. The van der Waals surface area contributed by atoms with E-state index in [2.05, 4.69) is 20.8 Å². The number of halogens is 1. The molecule has 0 aliphatic rings. The second-order valence-electron chi connectivity index (χ2n) is 6.56. The lowest BCUT2D eigenvalue weighted by atomic mass is 10.1. The highest BCUT2D eigenvalue weighted by molar-refractivity contribution is 5.83. The first-order valence-electron chi connectivity index (χ1n) is 8.43. The van der Waals surface area contributed by atoms with Crippen LogP contribution in [-0.2, 0) is 20.0 Å². The average molecular weight is 350 g/mol. The van der Waals surface area contributed by atoms with Crippen LogP contribution in [0.5, 0.6) is 0 Å². The van der Waals surface area contributed by atoms with E-state index in [0.717, 1.165) is 33.3 Å². The highest BCUT2D eigenvalue weighted by Gasteiger charge is 2.13. The Kier molecular flexibility index (Phi) is 3.95. The maximum Gasteiger partial charge on any atom is 0.248 e. The minimum absolute atomic E-state index is 0.124. The van der Waals surface area contributed by atoms with Crippen LogP contribution in [0.3, 0.4) is 0 Å². The van der Waals surface area contributed by atoms with Crippen molar-refractivity contribution in [3.05, 3.63) is 87.5 Å². The molecule has 26 heavy (non-hydrogen) atoms. The minimum atomic E-state index is -0.247. The maximum absolute atomic E-state index is 13.2. The Hall–Kier alpha value is -3.15. The summed E-state index contributed by atoms with van der Waals surface area (Å²) in [6, 6.07) is 8.11. The molecular weight excluding hydrogens is 331 g/mol. The van der Waals surface area contributed by atoms with Gasteiger partial charge in [0.1, 0.15) is 5.82 Å². The molecule has 0 saturated carbocycles. The summed E-state index contributed by atoms with van der Waals surface area (Å²) < 4.78 is 17.1. The Morgan fingerprint density at radius 3 is 2.65 bits per heavy atom. The Labute approximate surface area is 149 Å². The van der Waals surface area contributed by atoms with Crippen molar-refractivity contribution in [2.75, 3.05) is 0 Å². The Morgan fingerprint density at radius 2 is 1.96 bits per heavy atom. The van der Waals surface area contributed by atoms with Gasteiger partial charge in [-0.25, -0.2) is 4.39 Å². The largest absolute Gasteiger partial charge is 0.342 e. The molecule has 1 N–H and O–H groups in total. The first kappa shape index (κ1) is 16.3. The van der Waals surface area contributed by atoms with Crippen LogP contribution in [0.2, 0.25) is 0 Å². The van der Waals surface area contributed by atoms with Gasteiger partial charge < -0.3 is 9.55 Å². The highest BCUT2D eigenvalue weighted by atomic mass is 19.1. The van der Waals surface area contributed by atoms with Crippen molar-refractivity contribution in [1.82, 2.24) is 19.3 Å². The summed E-state index contributed by atoms with van der Waals surface area (Å²) in [4.78, 5) is 14.6. The van der Waals surface area contributed by atoms with Crippen LogP contribution in [0.25, 0.3) is 10.9 Å². The number of nitrogens with one attached hydrogen (secondary N) is 1. The number of hydrogen-bond acceptors (Lipinski definition) is 2. The summed E-state index contributed by atoms with van der Waals surface area (Å²) in [5.74, 6) is -0.247. The number of fused-ring (bicyclic) bond motifs is 1. The van der Waals surface area contributed by atoms with Gasteiger partial charge in [0.2, 0.25) is 5.56 Å². The SMILES string of the molecule is Cc1c(Cc2cn(Cc3ccc(F)cc3)c3c[nH]c(=O)cc23)cnn1C. The smallest absolute Gasteiger partial charge is 0.248 e. The van der Waals surface area contributed by atoms with E-state index in [4.69, 9.17) is 0 Å². The van der Waals surface area contributed by atoms with E-state index < -0.39 is 0 Å². The molecular formula is C20H19FN4O. The quantitative estimate of drug-likeness (QED) is 0.615. The molecule has 4 rings (SSSR count). The predicted octanol–water partition coefficient (Wildman–Crippen LogP) is 3.15. The van der Waals surface area contributed by atoms with Gasteiger partial charge in [-0.05, 0) is 35.7 Å². The summed E-state index contributed by atoms with van der Waals surface area (Å²) >= 11 is 0. The summed E-state index contributed by atoms with van der Waals surface area (Å²) in [7, 11) is 1.92. The van der Waals surface area contributed by atoms with Crippen LogP contribution in [0.15, 0.2) is 53.7 Å². The van der Waals surface area contributed by atoms with E-state index in [1.165, 1.54) is 12.1 Å². The van der Waals surface area contributed by atoms with E-state index in [-0.39, 0.29) is 11.4 Å². The zero-order valence-electron chi connectivity index (χ0n) is 14.7. The van der Waals surface area contributed by atoms with Gasteiger partial charge in [0.15, 0.2) is 0 Å². The van der Waals surface area contributed by atoms with Crippen molar-refractivity contribution in [2.45, 2.75) is 19.9 Å². The third kappa shape index (κ3) is 2.94. The van der Waals surface area contributed by atoms with Gasteiger partial charge in [-0.15, -0.1) is 0 Å². The number of aromatic nitrogens is 4. The van der Waals surface area contributed by atoms with E-state index >= 15 is 0 Å². The zero-order valence-corrected chi connectivity index (χ0v) is 14.7. The molecule has 0 unspecified atom stereocenters. The number of rotatable bonds is 4. The van der Waals surface area contributed by atoms with Gasteiger partial charge in [0.05, 0.1) is 11.7 Å². The summed E-state index contributed by atoms with van der Waals surface area (Å²) in [6.07, 6.45) is 6.37. The van der Waals surface area contributed by atoms with Gasteiger partial charge in [0, 0.05) is 49.6 Å². The Bertz CT molecular complexity index is 1140. The highest BCUT2D eigenvalue weighted by Crippen LogP contribution is 2.24. The number of nitrogens with zero attached hydrogens (tertiary/aromatic N) is 3. The molecule has 0 atom stereocenters. The minimum Gasteiger partial charge on any atom is -0.342 e. The number of pyridine rings is 1. The van der Waals surface area contributed by atoms with Crippen molar-refractivity contribution >= 4 is 10.9 Å². The van der Waals surface area contributed by atoms with E-state index in [1.54, 1.807) is 24.4 Å². The first-order chi connectivity index (χ1) is 12.5. The van der Waals surface area contributed by atoms with E-state index in [0.29, 0.717) is 13.0 Å². The summed E-state index contributed by atoms with van der Waals surface area (Å²) in [6.45, 7) is 2.64. The molecule has 0 aliphatic carbocycles. The number of benzene rings is 1. The van der Waals surface area contributed by atoms with Crippen LogP contribution in [-0.4, -0.2) is 19.3 Å². The third-order valence-electron chi connectivity index (χ3n) is 4.85. The molecule has 6 heteroatoms.